The van der Waals surface area contributed by atoms with E-state index in [1.54, 1.807) is 49.4 Å². The molecule has 38 heavy (non-hydrogen) atoms. The van der Waals surface area contributed by atoms with Gasteiger partial charge in [-0.1, -0.05) is 60.5 Å². The van der Waals surface area contributed by atoms with Gasteiger partial charge in [-0.15, -0.1) is 5.11 Å². The van der Waals surface area contributed by atoms with Crippen LogP contribution >= 0.6 is 23.2 Å². The van der Waals surface area contributed by atoms with Crippen LogP contribution in [0.1, 0.15) is 22.8 Å². The minimum atomic E-state index is -4.62. The van der Waals surface area contributed by atoms with Crippen molar-refractivity contribution in [2.75, 3.05) is 12.4 Å². The Morgan fingerprint density at radius 1 is 1.05 bits per heavy atom. The SMILES string of the molecule is CCc1cc(Cl)c(S(=O)(=O)O)cc1N=Nc1c(O)c(C(=O)Nc2cccc(OC)c2Cl)cc2ccccc12. The molecule has 0 atom stereocenters. The number of nitrogens with one attached hydrogen (secondary N) is 1. The van der Waals surface area contributed by atoms with E-state index in [-0.39, 0.29) is 32.7 Å². The van der Waals surface area contributed by atoms with Gasteiger partial charge in [0.05, 0.1) is 29.1 Å². The number of hydrogen-bond donors (Lipinski definition) is 3. The monoisotopic (exact) mass is 573 g/mol. The van der Waals surface area contributed by atoms with Crippen molar-refractivity contribution >= 4 is 67.1 Å². The van der Waals surface area contributed by atoms with Crippen molar-refractivity contribution in [2.45, 2.75) is 18.2 Å². The molecule has 0 fully saturated rings. The number of anilines is 1. The molecule has 196 valence electrons. The number of halogens is 2. The summed E-state index contributed by atoms with van der Waals surface area (Å²) < 4.78 is 38.2. The second-order valence-corrected chi connectivity index (χ2v) is 10.2. The van der Waals surface area contributed by atoms with Crippen LogP contribution in [0.4, 0.5) is 17.1 Å². The molecule has 9 nitrogen and oxygen atoms in total. The highest BCUT2D eigenvalue weighted by Gasteiger charge is 2.21. The second kappa shape index (κ2) is 11.0. The van der Waals surface area contributed by atoms with E-state index in [1.165, 1.54) is 19.2 Å². The maximum absolute atomic E-state index is 13.2. The average Bonchev–Trinajstić information content (AvgIpc) is 2.88. The van der Waals surface area contributed by atoms with Crippen LogP contribution in [0.3, 0.4) is 0 Å². The number of ether oxygens (including phenoxy) is 1. The van der Waals surface area contributed by atoms with Gasteiger partial charge in [-0.25, -0.2) is 0 Å². The van der Waals surface area contributed by atoms with Crippen molar-refractivity contribution in [1.82, 2.24) is 0 Å². The number of benzene rings is 4. The number of methoxy groups -OCH3 is 1. The van der Waals surface area contributed by atoms with Crippen LogP contribution in [0.5, 0.6) is 11.5 Å². The summed E-state index contributed by atoms with van der Waals surface area (Å²) in [7, 11) is -3.17. The highest BCUT2D eigenvalue weighted by molar-refractivity contribution is 7.86. The maximum Gasteiger partial charge on any atom is 0.296 e. The molecule has 0 spiro atoms. The van der Waals surface area contributed by atoms with Gasteiger partial charge in [0, 0.05) is 5.39 Å². The number of phenolic OH excluding ortho intramolecular Hbond substituents is 1. The normalized spacial score (nSPS) is 11.7. The Morgan fingerprint density at radius 2 is 1.79 bits per heavy atom. The van der Waals surface area contributed by atoms with Crippen LogP contribution in [0.15, 0.2) is 75.8 Å². The van der Waals surface area contributed by atoms with E-state index in [0.717, 1.165) is 6.07 Å². The van der Waals surface area contributed by atoms with E-state index in [9.17, 15) is 22.9 Å². The van der Waals surface area contributed by atoms with E-state index in [4.69, 9.17) is 27.9 Å². The maximum atomic E-state index is 13.2. The zero-order chi connectivity index (χ0) is 27.6. The molecule has 3 N–H and O–H groups in total. The van der Waals surface area contributed by atoms with Crippen LogP contribution < -0.4 is 10.1 Å². The number of nitrogens with zero attached hydrogens (tertiary/aromatic N) is 2. The first-order valence-electron chi connectivity index (χ1n) is 11.1. The van der Waals surface area contributed by atoms with Gasteiger partial charge >= 0.3 is 0 Å². The highest BCUT2D eigenvalue weighted by atomic mass is 35.5. The minimum Gasteiger partial charge on any atom is -0.505 e. The Kier molecular flexibility index (Phi) is 7.89. The van der Waals surface area contributed by atoms with Crippen molar-refractivity contribution in [1.29, 1.82) is 0 Å². The Bertz CT molecular complexity index is 1710. The van der Waals surface area contributed by atoms with Crippen LogP contribution in [0.25, 0.3) is 10.8 Å². The van der Waals surface area contributed by atoms with Gasteiger partial charge < -0.3 is 15.2 Å². The third-order valence-corrected chi connectivity index (χ3v) is 7.43. The lowest BCUT2D eigenvalue weighted by Gasteiger charge is -2.13. The van der Waals surface area contributed by atoms with Crippen molar-refractivity contribution in [2.24, 2.45) is 10.2 Å². The van der Waals surface area contributed by atoms with Gasteiger partial charge in [0.15, 0.2) is 5.75 Å². The number of fused-ring (bicyclic) bond motifs is 1. The molecule has 4 aromatic carbocycles. The standard InChI is InChI=1S/C26H21Cl2N3O6S/c1-3-14-12-18(27)22(38(34,35)36)13-20(14)30-31-24-16-8-5-4-7-15(16)11-17(25(24)32)26(33)29-19-9-6-10-21(37-2)23(19)28/h4-13,32H,3H2,1-2H3,(H,29,33)(H,34,35,36). The van der Waals surface area contributed by atoms with Crippen LogP contribution in [0.2, 0.25) is 10.0 Å². The number of amides is 1. The molecule has 0 saturated heterocycles. The lowest BCUT2D eigenvalue weighted by atomic mass is 10.0. The number of phenols is 1. The predicted octanol–water partition coefficient (Wildman–Crippen LogP) is 7.34. The topological polar surface area (TPSA) is 138 Å². The first kappa shape index (κ1) is 27.3. The summed E-state index contributed by atoms with van der Waals surface area (Å²) in [6, 6.07) is 15.8. The Hall–Kier alpha value is -3.70. The van der Waals surface area contributed by atoms with Crippen molar-refractivity contribution in [3.8, 4) is 11.5 Å². The number of azo groups is 1. The molecule has 0 saturated carbocycles. The van der Waals surface area contributed by atoms with E-state index < -0.39 is 26.7 Å². The van der Waals surface area contributed by atoms with Crippen LogP contribution in [-0.4, -0.2) is 31.1 Å². The third-order valence-electron chi connectivity index (χ3n) is 5.72. The first-order valence-corrected chi connectivity index (χ1v) is 13.3. The molecule has 4 aromatic rings. The van der Waals surface area contributed by atoms with E-state index in [0.29, 0.717) is 28.5 Å². The molecule has 0 bridgehead atoms. The summed E-state index contributed by atoms with van der Waals surface area (Å²) in [5.74, 6) is -0.749. The van der Waals surface area contributed by atoms with E-state index >= 15 is 0 Å². The average molecular weight is 574 g/mol. The van der Waals surface area contributed by atoms with Crippen molar-refractivity contribution in [3.63, 3.8) is 0 Å². The van der Waals surface area contributed by atoms with Gasteiger partial charge in [-0.3, -0.25) is 9.35 Å². The van der Waals surface area contributed by atoms with Crippen LogP contribution in [-0.2, 0) is 16.5 Å². The molecular formula is C26H21Cl2N3O6S. The summed E-state index contributed by atoms with van der Waals surface area (Å²) in [4.78, 5) is 12.7. The fourth-order valence-electron chi connectivity index (χ4n) is 3.81. The largest absolute Gasteiger partial charge is 0.505 e. The zero-order valence-corrected chi connectivity index (χ0v) is 22.4. The van der Waals surface area contributed by atoms with Gasteiger partial charge in [-0.05, 0) is 47.7 Å². The second-order valence-electron chi connectivity index (χ2n) is 8.06. The molecule has 0 aliphatic heterocycles. The number of carbonyl (C=O) groups excluding carboxylic acids is 1. The molecule has 1 amide bonds. The van der Waals surface area contributed by atoms with Crippen molar-refractivity contribution in [3.05, 3.63) is 81.8 Å². The smallest absolute Gasteiger partial charge is 0.296 e. The molecule has 0 aromatic heterocycles. The van der Waals surface area contributed by atoms with Gasteiger partial charge in [0.25, 0.3) is 16.0 Å². The highest BCUT2D eigenvalue weighted by Crippen LogP contribution is 2.41. The molecule has 0 unspecified atom stereocenters. The third kappa shape index (κ3) is 5.44. The van der Waals surface area contributed by atoms with Crippen molar-refractivity contribution < 1.29 is 27.6 Å². The van der Waals surface area contributed by atoms with Gasteiger partial charge in [0.2, 0.25) is 0 Å². The Balaban J connectivity index is 1.83. The van der Waals surface area contributed by atoms with E-state index in [1.807, 2.05) is 0 Å². The quantitative estimate of drug-likeness (QED) is 0.156. The Morgan fingerprint density at radius 3 is 2.47 bits per heavy atom. The zero-order valence-electron chi connectivity index (χ0n) is 20.1. The molecule has 12 heteroatoms. The molecule has 0 aliphatic rings. The summed E-state index contributed by atoms with van der Waals surface area (Å²) in [5.41, 5.74) is 0.832. The van der Waals surface area contributed by atoms with Gasteiger partial charge in [-0.2, -0.15) is 13.5 Å². The Labute approximate surface area is 228 Å². The van der Waals surface area contributed by atoms with E-state index in [2.05, 4.69) is 15.5 Å². The molecule has 4 rings (SSSR count). The summed E-state index contributed by atoms with van der Waals surface area (Å²) in [5, 5.41) is 23.2. The van der Waals surface area contributed by atoms with Gasteiger partial charge in [0.1, 0.15) is 21.4 Å². The van der Waals surface area contributed by atoms with Crippen LogP contribution in [0, 0.1) is 0 Å². The summed E-state index contributed by atoms with van der Waals surface area (Å²) >= 11 is 12.3. The number of carbonyl (C=O) groups is 1. The minimum absolute atomic E-state index is 0.0182. The fourth-order valence-corrected chi connectivity index (χ4v) is 5.10. The molecule has 0 radical (unpaired) electrons. The summed E-state index contributed by atoms with van der Waals surface area (Å²) in [6.07, 6.45) is 0.427. The number of rotatable bonds is 7. The number of hydrogen-bond acceptors (Lipinski definition) is 7. The lowest BCUT2D eigenvalue weighted by Crippen LogP contribution is -2.12. The molecular weight excluding hydrogens is 553 g/mol. The number of aryl methyl sites for hydroxylation is 1. The fraction of sp³-hybridized carbons (Fsp3) is 0.115. The molecule has 0 heterocycles. The molecule has 0 aliphatic carbocycles. The lowest BCUT2D eigenvalue weighted by molar-refractivity contribution is 0.102. The number of aromatic hydroxyl groups is 1. The predicted molar refractivity (Wildman–Crippen MR) is 146 cm³/mol. The summed E-state index contributed by atoms with van der Waals surface area (Å²) in [6.45, 7) is 1.80. The first-order chi connectivity index (χ1) is 18.0.